The lowest BCUT2D eigenvalue weighted by molar-refractivity contribution is 0.217. The number of nitrogens with one attached hydrogen (secondary N) is 1. The minimum absolute atomic E-state index is 0.504. The lowest BCUT2D eigenvalue weighted by atomic mass is 9.95. The average Bonchev–Trinajstić information content (AvgIpc) is 3.00. The van der Waals surface area contributed by atoms with Gasteiger partial charge in [0.15, 0.2) is 0 Å². The van der Waals surface area contributed by atoms with Gasteiger partial charge in [0.1, 0.15) is 0 Å². The molecular formula is C17H23N3OS. The molecule has 0 radical (unpaired) electrons. The molecule has 0 spiro atoms. The Morgan fingerprint density at radius 1 is 1.36 bits per heavy atom. The van der Waals surface area contributed by atoms with Gasteiger partial charge < -0.3 is 4.90 Å². The highest BCUT2D eigenvalue weighted by molar-refractivity contribution is 7.85. The quantitative estimate of drug-likeness (QED) is 0.922. The van der Waals surface area contributed by atoms with Crippen LogP contribution in [0.1, 0.15) is 30.1 Å². The van der Waals surface area contributed by atoms with Gasteiger partial charge in [-0.25, -0.2) is 0 Å². The predicted octanol–water partition coefficient (Wildman–Crippen LogP) is 2.71. The molecule has 2 aromatic rings. The Hall–Kier alpha value is -1.46. The standard InChI is InChI=1S/C17H23N3OS/c1-14-12-17(19-18-14)15-6-5-9-20(13-15)10-11-22(21)16-7-3-2-4-8-16/h2-4,7-8,12,15H,5-6,9-11,13H2,1H3,(H,18,19)/t15-,22-/m1/s1. The molecule has 4 nitrogen and oxygen atoms in total. The van der Waals surface area contributed by atoms with E-state index in [1.54, 1.807) is 0 Å². The van der Waals surface area contributed by atoms with Gasteiger partial charge >= 0.3 is 0 Å². The largest absolute Gasteiger partial charge is 0.302 e. The Morgan fingerprint density at radius 3 is 2.91 bits per heavy atom. The van der Waals surface area contributed by atoms with Gasteiger partial charge in [0, 0.05) is 35.3 Å². The molecule has 0 aliphatic carbocycles. The molecule has 1 aromatic carbocycles. The summed E-state index contributed by atoms with van der Waals surface area (Å²) < 4.78 is 12.3. The van der Waals surface area contributed by atoms with Crippen LogP contribution in [0.15, 0.2) is 41.3 Å². The van der Waals surface area contributed by atoms with Gasteiger partial charge in [-0.05, 0) is 44.5 Å². The van der Waals surface area contributed by atoms with Crippen molar-refractivity contribution in [1.82, 2.24) is 15.1 Å². The normalized spacial score (nSPS) is 20.9. The molecule has 0 amide bonds. The van der Waals surface area contributed by atoms with Crippen LogP contribution in [-0.2, 0) is 10.8 Å². The van der Waals surface area contributed by atoms with Crippen LogP contribution >= 0.6 is 0 Å². The van der Waals surface area contributed by atoms with Crippen molar-refractivity contribution in [2.45, 2.75) is 30.6 Å². The zero-order valence-corrected chi connectivity index (χ0v) is 13.8. The van der Waals surface area contributed by atoms with E-state index in [1.807, 2.05) is 37.3 Å². The van der Waals surface area contributed by atoms with E-state index >= 15 is 0 Å². The van der Waals surface area contributed by atoms with Crippen molar-refractivity contribution in [3.05, 3.63) is 47.8 Å². The van der Waals surface area contributed by atoms with Crippen LogP contribution < -0.4 is 0 Å². The van der Waals surface area contributed by atoms with Crippen molar-refractivity contribution in [3.63, 3.8) is 0 Å². The molecular weight excluding hydrogens is 294 g/mol. The van der Waals surface area contributed by atoms with E-state index in [1.165, 1.54) is 18.5 Å². The van der Waals surface area contributed by atoms with E-state index < -0.39 is 10.8 Å². The Morgan fingerprint density at radius 2 is 2.18 bits per heavy atom. The molecule has 1 aliphatic rings. The molecule has 118 valence electrons. The summed E-state index contributed by atoms with van der Waals surface area (Å²) in [5.74, 6) is 1.21. The first-order valence-electron chi connectivity index (χ1n) is 7.90. The summed E-state index contributed by atoms with van der Waals surface area (Å²) in [4.78, 5) is 3.36. The second kappa shape index (κ2) is 7.20. The Bertz CT molecular complexity index is 626. The van der Waals surface area contributed by atoms with Gasteiger partial charge in [-0.1, -0.05) is 18.2 Å². The highest BCUT2D eigenvalue weighted by Crippen LogP contribution is 2.25. The van der Waals surface area contributed by atoms with E-state index in [4.69, 9.17) is 0 Å². The molecule has 1 saturated heterocycles. The highest BCUT2D eigenvalue weighted by atomic mass is 32.2. The minimum atomic E-state index is -0.900. The smallest absolute Gasteiger partial charge is 0.0668 e. The Labute approximate surface area is 134 Å². The number of likely N-dealkylation sites (tertiary alicyclic amines) is 1. The van der Waals surface area contributed by atoms with Crippen LogP contribution in [0, 0.1) is 6.92 Å². The number of benzene rings is 1. The van der Waals surface area contributed by atoms with E-state index in [-0.39, 0.29) is 0 Å². The molecule has 3 rings (SSSR count). The molecule has 1 aliphatic heterocycles. The number of nitrogens with zero attached hydrogens (tertiary/aromatic N) is 2. The molecule has 0 bridgehead atoms. The van der Waals surface area contributed by atoms with E-state index in [2.05, 4.69) is 21.2 Å². The van der Waals surface area contributed by atoms with E-state index in [0.717, 1.165) is 30.2 Å². The molecule has 2 heterocycles. The van der Waals surface area contributed by atoms with Crippen molar-refractivity contribution < 1.29 is 4.21 Å². The number of hydrogen-bond acceptors (Lipinski definition) is 3. The highest BCUT2D eigenvalue weighted by Gasteiger charge is 2.23. The zero-order chi connectivity index (χ0) is 15.4. The number of H-pyrrole nitrogens is 1. The lowest BCUT2D eigenvalue weighted by Gasteiger charge is -2.31. The summed E-state index contributed by atoms with van der Waals surface area (Å²) in [7, 11) is -0.900. The van der Waals surface area contributed by atoms with Crippen molar-refractivity contribution in [2.75, 3.05) is 25.4 Å². The number of aromatic nitrogens is 2. The Kier molecular flexibility index (Phi) is 5.05. The third-order valence-electron chi connectivity index (χ3n) is 4.25. The van der Waals surface area contributed by atoms with Crippen LogP contribution in [-0.4, -0.2) is 44.7 Å². The molecule has 22 heavy (non-hydrogen) atoms. The summed E-state index contributed by atoms with van der Waals surface area (Å²) in [6.07, 6.45) is 2.39. The topological polar surface area (TPSA) is 49.0 Å². The number of aryl methyl sites for hydroxylation is 1. The fourth-order valence-corrected chi connectivity index (χ4v) is 4.17. The van der Waals surface area contributed by atoms with Gasteiger partial charge in [-0.15, -0.1) is 0 Å². The monoisotopic (exact) mass is 317 g/mol. The SMILES string of the molecule is Cc1cc([C@@H]2CCCN(CC[S@@](=O)c3ccccc3)C2)n[nH]1. The third-order valence-corrected chi connectivity index (χ3v) is 5.60. The molecule has 0 unspecified atom stereocenters. The van der Waals surface area contributed by atoms with E-state index in [0.29, 0.717) is 11.7 Å². The summed E-state index contributed by atoms with van der Waals surface area (Å²) in [6, 6.07) is 11.9. The van der Waals surface area contributed by atoms with Gasteiger partial charge in [0.2, 0.25) is 0 Å². The average molecular weight is 317 g/mol. The van der Waals surface area contributed by atoms with Crippen molar-refractivity contribution in [2.24, 2.45) is 0 Å². The Balaban J connectivity index is 1.53. The minimum Gasteiger partial charge on any atom is -0.302 e. The molecule has 2 atom stereocenters. The summed E-state index contributed by atoms with van der Waals surface area (Å²) in [5, 5.41) is 7.44. The summed E-state index contributed by atoms with van der Waals surface area (Å²) in [5.41, 5.74) is 2.30. The maximum atomic E-state index is 12.3. The van der Waals surface area contributed by atoms with Crippen molar-refractivity contribution in [1.29, 1.82) is 0 Å². The van der Waals surface area contributed by atoms with Crippen LogP contribution in [0.4, 0.5) is 0 Å². The third kappa shape index (κ3) is 3.84. The van der Waals surface area contributed by atoms with E-state index in [9.17, 15) is 4.21 Å². The van der Waals surface area contributed by atoms with Crippen molar-refractivity contribution >= 4 is 10.8 Å². The fourth-order valence-electron chi connectivity index (χ4n) is 3.05. The van der Waals surface area contributed by atoms with Crippen molar-refractivity contribution in [3.8, 4) is 0 Å². The molecule has 0 saturated carbocycles. The first-order valence-corrected chi connectivity index (χ1v) is 9.22. The van der Waals surface area contributed by atoms with Gasteiger partial charge in [-0.2, -0.15) is 5.10 Å². The van der Waals surface area contributed by atoms with Crippen LogP contribution in [0.3, 0.4) is 0 Å². The molecule has 1 aromatic heterocycles. The summed E-state index contributed by atoms with van der Waals surface area (Å²) >= 11 is 0. The first-order chi connectivity index (χ1) is 10.7. The predicted molar refractivity (Wildman–Crippen MR) is 89.5 cm³/mol. The number of hydrogen-bond donors (Lipinski definition) is 1. The second-order valence-corrected chi connectivity index (χ2v) is 7.55. The first kappa shape index (κ1) is 15.4. The van der Waals surface area contributed by atoms with Gasteiger partial charge in [0.05, 0.1) is 16.5 Å². The van der Waals surface area contributed by atoms with Gasteiger partial charge in [0.25, 0.3) is 0 Å². The number of aromatic amines is 1. The zero-order valence-electron chi connectivity index (χ0n) is 13.0. The number of rotatable bonds is 5. The van der Waals surface area contributed by atoms with Crippen LogP contribution in [0.5, 0.6) is 0 Å². The number of piperidine rings is 1. The lowest BCUT2D eigenvalue weighted by Crippen LogP contribution is -2.37. The fraction of sp³-hybridized carbons (Fsp3) is 0.471. The molecule has 5 heteroatoms. The van der Waals surface area contributed by atoms with Gasteiger partial charge in [-0.3, -0.25) is 9.31 Å². The van der Waals surface area contributed by atoms with Crippen LogP contribution in [0.2, 0.25) is 0 Å². The molecule has 1 fully saturated rings. The molecule has 1 N–H and O–H groups in total. The second-order valence-electron chi connectivity index (χ2n) is 5.98. The maximum absolute atomic E-state index is 12.3. The maximum Gasteiger partial charge on any atom is 0.0668 e. The van der Waals surface area contributed by atoms with Crippen LogP contribution in [0.25, 0.3) is 0 Å². The summed E-state index contributed by atoms with van der Waals surface area (Å²) in [6.45, 7) is 5.06.